The van der Waals surface area contributed by atoms with Crippen molar-refractivity contribution < 1.29 is 9.63 Å². The lowest BCUT2D eigenvalue weighted by Gasteiger charge is -2.05. The first-order chi connectivity index (χ1) is 7.34. The van der Waals surface area contributed by atoms with Crippen LogP contribution in [-0.2, 0) is 4.79 Å². The number of rotatable bonds is 0. The first-order valence-corrected chi connectivity index (χ1v) is 4.54. The van der Waals surface area contributed by atoms with Gasteiger partial charge in [0.1, 0.15) is 12.0 Å². The first-order valence-electron chi connectivity index (χ1n) is 4.54. The largest absolute Gasteiger partial charge is 0.376 e. The summed E-state index contributed by atoms with van der Waals surface area (Å²) in [5, 5.41) is 1.62. The third-order valence-electron chi connectivity index (χ3n) is 2.30. The monoisotopic (exact) mass is 201 g/mol. The standard InChI is InChI=1S/C10H7N3O2/c14-8-4-2-6-1-3-7-9(12-5-11-7)10(6)15-13-8/h1-3,5H,4H2,(H,13,14). The molecule has 0 fully saturated rings. The minimum atomic E-state index is -0.168. The number of benzene rings is 1. The molecule has 0 bridgehead atoms. The molecule has 0 unspecified atom stereocenters. The van der Waals surface area contributed by atoms with Crippen molar-refractivity contribution >= 4 is 24.0 Å². The van der Waals surface area contributed by atoms with Gasteiger partial charge in [-0.2, -0.15) is 5.48 Å². The van der Waals surface area contributed by atoms with Gasteiger partial charge in [-0.25, -0.2) is 9.98 Å². The van der Waals surface area contributed by atoms with E-state index in [1.54, 1.807) is 0 Å². The van der Waals surface area contributed by atoms with Crippen LogP contribution in [0.4, 0.5) is 5.69 Å². The molecule has 0 saturated carbocycles. The Morgan fingerprint density at radius 3 is 3.27 bits per heavy atom. The molecule has 2 heterocycles. The van der Waals surface area contributed by atoms with E-state index in [9.17, 15) is 4.79 Å². The molecule has 1 N–H and O–H groups in total. The third-order valence-corrected chi connectivity index (χ3v) is 2.30. The second-order valence-electron chi connectivity index (χ2n) is 3.26. The number of amides is 1. The third kappa shape index (κ3) is 1.20. The van der Waals surface area contributed by atoms with Crippen molar-refractivity contribution in [2.24, 2.45) is 9.98 Å². The highest BCUT2D eigenvalue weighted by atomic mass is 16.7. The van der Waals surface area contributed by atoms with Gasteiger partial charge in [0.2, 0.25) is 0 Å². The number of fused-ring (bicyclic) bond motifs is 3. The van der Waals surface area contributed by atoms with E-state index in [1.807, 2.05) is 18.2 Å². The van der Waals surface area contributed by atoms with E-state index in [-0.39, 0.29) is 5.91 Å². The van der Waals surface area contributed by atoms with Crippen molar-refractivity contribution in [1.29, 1.82) is 0 Å². The fourth-order valence-corrected chi connectivity index (χ4v) is 1.57. The zero-order valence-corrected chi connectivity index (χ0v) is 7.73. The molecule has 1 aromatic rings. The lowest BCUT2D eigenvalue weighted by molar-refractivity contribution is -0.126. The summed E-state index contributed by atoms with van der Waals surface area (Å²) in [6, 6.07) is 3.73. The Balaban J connectivity index is 2.28. The molecule has 0 aliphatic carbocycles. The molecule has 15 heavy (non-hydrogen) atoms. The fraction of sp³-hybridized carbons (Fsp3) is 0.100. The van der Waals surface area contributed by atoms with Crippen LogP contribution in [-0.4, -0.2) is 12.2 Å². The molecular formula is C10H7N3O2. The van der Waals surface area contributed by atoms with Crippen molar-refractivity contribution in [1.82, 2.24) is 5.48 Å². The number of carbonyl (C=O) groups is 1. The summed E-state index contributed by atoms with van der Waals surface area (Å²) in [7, 11) is 0. The van der Waals surface area contributed by atoms with Crippen molar-refractivity contribution in [2.75, 3.05) is 0 Å². The van der Waals surface area contributed by atoms with E-state index >= 15 is 0 Å². The van der Waals surface area contributed by atoms with Gasteiger partial charge in [0.25, 0.3) is 5.91 Å². The highest BCUT2D eigenvalue weighted by molar-refractivity contribution is 5.82. The van der Waals surface area contributed by atoms with Gasteiger partial charge in [0.15, 0.2) is 5.75 Å². The molecular weight excluding hydrogens is 194 g/mol. The van der Waals surface area contributed by atoms with Crippen LogP contribution in [0.1, 0.15) is 6.42 Å². The zero-order chi connectivity index (χ0) is 10.3. The second-order valence-corrected chi connectivity index (χ2v) is 3.26. The predicted molar refractivity (Wildman–Crippen MR) is 53.2 cm³/mol. The number of hydroxylamine groups is 1. The molecule has 0 atom stereocenters. The molecule has 2 aliphatic heterocycles. The lowest BCUT2D eigenvalue weighted by atomic mass is 10.2. The molecule has 5 nitrogen and oxygen atoms in total. The molecule has 5 heteroatoms. The summed E-state index contributed by atoms with van der Waals surface area (Å²) in [5.41, 5.74) is 3.02. The topological polar surface area (TPSA) is 63.0 Å². The zero-order valence-electron chi connectivity index (χ0n) is 7.73. The Kier molecular flexibility index (Phi) is 1.58. The van der Waals surface area contributed by atoms with Crippen LogP contribution in [0.2, 0.25) is 0 Å². The smallest absolute Gasteiger partial charge is 0.256 e. The molecule has 0 saturated heterocycles. The Hall–Kier alpha value is -2.17. The molecule has 1 aromatic carbocycles. The maximum atomic E-state index is 11.1. The van der Waals surface area contributed by atoms with Crippen molar-refractivity contribution in [2.45, 2.75) is 6.42 Å². The van der Waals surface area contributed by atoms with Crippen LogP contribution in [0.5, 0.6) is 5.75 Å². The average Bonchev–Trinajstić information content (AvgIpc) is 2.64. The normalized spacial score (nSPS) is 16.4. The Morgan fingerprint density at radius 2 is 2.33 bits per heavy atom. The van der Waals surface area contributed by atoms with E-state index in [2.05, 4.69) is 15.5 Å². The van der Waals surface area contributed by atoms with E-state index in [0.717, 1.165) is 10.6 Å². The highest BCUT2D eigenvalue weighted by Gasteiger charge is 2.14. The fourth-order valence-electron chi connectivity index (χ4n) is 1.57. The van der Waals surface area contributed by atoms with Gasteiger partial charge in [-0.1, -0.05) is 6.08 Å². The van der Waals surface area contributed by atoms with Crippen LogP contribution in [0, 0.1) is 0 Å². The van der Waals surface area contributed by atoms with Crippen LogP contribution in [0.25, 0.3) is 6.08 Å². The molecule has 0 spiro atoms. The summed E-state index contributed by atoms with van der Waals surface area (Å²) in [5.74, 6) is 0.398. The van der Waals surface area contributed by atoms with E-state index in [0.29, 0.717) is 17.9 Å². The Bertz CT molecular complexity index is 589. The van der Waals surface area contributed by atoms with Gasteiger partial charge in [0, 0.05) is 11.6 Å². The average molecular weight is 201 g/mol. The number of aliphatic imine (C=N–C) groups is 1. The minimum absolute atomic E-state index is 0.168. The van der Waals surface area contributed by atoms with Crippen molar-refractivity contribution in [3.8, 4) is 5.75 Å². The molecule has 0 aromatic heterocycles. The maximum absolute atomic E-state index is 11.1. The van der Waals surface area contributed by atoms with Crippen LogP contribution in [0.3, 0.4) is 0 Å². The van der Waals surface area contributed by atoms with Gasteiger partial charge in [-0.3, -0.25) is 4.79 Å². The SMILES string of the molecule is O=C1CC=c2ccc3c(c2ON1)N=CN=3. The quantitative estimate of drug-likeness (QED) is 0.619. The lowest BCUT2D eigenvalue weighted by Crippen LogP contribution is -2.26. The summed E-state index contributed by atoms with van der Waals surface area (Å²) in [6.07, 6.45) is 3.60. The van der Waals surface area contributed by atoms with Crippen LogP contribution >= 0.6 is 0 Å². The van der Waals surface area contributed by atoms with Gasteiger partial charge in [-0.05, 0) is 12.1 Å². The second kappa shape index (κ2) is 2.91. The van der Waals surface area contributed by atoms with Crippen molar-refractivity contribution in [3.05, 3.63) is 22.7 Å². The molecule has 74 valence electrons. The van der Waals surface area contributed by atoms with E-state index < -0.39 is 0 Å². The van der Waals surface area contributed by atoms with Crippen molar-refractivity contribution in [3.63, 3.8) is 0 Å². The Labute approximate surface area is 84.8 Å². The van der Waals surface area contributed by atoms with Gasteiger partial charge in [0.05, 0.1) is 5.36 Å². The summed E-state index contributed by atoms with van der Waals surface area (Å²) in [6.45, 7) is 0. The molecule has 0 radical (unpaired) electrons. The molecule has 2 aliphatic rings. The number of nitrogens with one attached hydrogen (secondary N) is 1. The summed E-state index contributed by atoms with van der Waals surface area (Å²) >= 11 is 0. The van der Waals surface area contributed by atoms with E-state index in [4.69, 9.17) is 4.84 Å². The van der Waals surface area contributed by atoms with Crippen LogP contribution in [0.15, 0.2) is 22.1 Å². The molecule has 1 amide bonds. The Morgan fingerprint density at radius 1 is 1.40 bits per heavy atom. The summed E-state index contributed by atoms with van der Waals surface area (Å²) < 4.78 is 0. The number of nitrogens with zero attached hydrogens (tertiary/aromatic N) is 2. The van der Waals surface area contributed by atoms with Crippen LogP contribution < -0.4 is 20.9 Å². The first kappa shape index (κ1) is 8.16. The van der Waals surface area contributed by atoms with Gasteiger partial charge in [-0.15, -0.1) is 0 Å². The number of carbonyl (C=O) groups excluding carboxylic acids is 1. The predicted octanol–water partition coefficient (Wildman–Crippen LogP) is -0.426. The molecule has 3 rings (SSSR count). The highest BCUT2D eigenvalue weighted by Crippen LogP contribution is 2.20. The van der Waals surface area contributed by atoms with Gasteiger partial charge >= 0.3 is 0 Å². The maximum Gasteiger partial charge on any atom is 0.256 e. The van der Waals surface area contributed by atoms with Gasteiger partial charge < -0.3 is 4.84 Å². The number of hydrogen-bond donors (Lipinski definition) is 1. The van der Waals surface area contributed by atoms with E-state index in [1.165, 1.54) is 6.34 Å². The summed E-state index contributed by atoms with van der Waals surface area (Å²) in [4.78, 5) is 24.5. The number of hydrogen-bond acceptors (Lipinski definition) is 4. The minimum Gasteiger partial charge on any atom is -0.376 e.